The molecule has 0 spiro atoms. The van der Waals surface area contributed by atoms with Crippen LogP contribution in [0.15, 0.2) is 60.8 Å². The average Bonchev–Trinajstić information content (AvgIpc) is 3.73. The molecule has 202 valence electrons. The summed E-state index contributed by atoms with van der Waals surface area (Å²) < 4.78 is 0. The number of H-pyrrole nitrogens is 1. The molecule has 7 rings (SSSR count). The number of rotatable bonds is 6. The molecule has 0 radical (unpaired) electrons. The normalized spacial score (nSPS) is 16.0. The predicted octanol–water partition coefficient (Wildman–Crippen LogP) is 5.44. The minimum absolute atomic E-state index is 0.204. The molecular weight excluding hydrogens is 500 g/mol. The van der Waals surface area contributed by atoms with Gasteiger partial charge in [0.25, 0.3) is 5.91 Å². The van der Waals surface area contributed by atoms with E-state index in [1.807, 2.05) is 55.6 Å². The molecular formula is C31H32N8O. The molecule has 1 amide bonds. The number of aryl methyl sites for hydroxylation is 1. The summed E-state index contributed by atoms with van der Waals surface area (Å²) in [7, 11) is 2.15. The lowest BCUT2D eigenvalue weighted by Gasteiger charge is -2.34. The van der Waals surface area contributed by atoms with Crippen molar-refractivity contribution in [2.75, 3.05) is 48.8 Å². The zero-order valence-corrected chi connectivity index (χ0v) is 22.7. The Morgan fingerprint density at radius 1 is 0.950 bits per heavy atom. The van der Waals surface area contributed by atoms with Gasteiger partial charge < -0.3 is 25.4 Å². The number of aromatic nitrogens is 4. The van der Waals surface area contributed by atoms with E-state index in [2.05, 4.69) is 49.6 Å². The molecule has 5 aromatic rings. The van der Waals surface area contributed by atoms with E-state index in [-0.39, 0.29) is 5.91 Å². The summed E-state index contributed by atoms with van der Waals surface area (Å²) in [6.45, 7) is 6.14. The number of likely N-dealkylation sites (N-methyl/N-ethyl adjacent to an activating group) is 1. The molecule has 0 atom stereocenters. The molecule has 0 unspecified atom stereocenters. The number of imidazole rings is 1. The SMILES string of the molecule is Cc1cccc2cnc(Nc3cc(C(=O)Nc4ccc(N5CCN(C)CC5)cc4)c4nc(C5CC5)[nH]c4c3)nc12. The van der Waals surface area contributed by atoms with Crippen molar-refractivity contribution in [3.05, 3.63) is 77.7 Å². The Morgan fingerprint density at radius 3 is 2.52 bits per heavy atom. The molecule has 1 aliphatic carbocycles. The quantitative estimate of drug-likeness (QED) is 0.268. The van der Waals surface area contributed by atoms with E-state index < -0.39 is 0 Å². The van der Waals surface area contributed by atoms with E-state index in [0.717, 1.165) is 78.2 Å². The molecule has 3 N–H and O–H groups in total. The largest absolute Gasteiger partial charge is 0.369 e. The van der Waals surface area contributed by atoms with Crippen LogP contribution in [0.5, 0.6) is 0 Å². The molecule has 0 bridgehead atoms. The first-order valence-corrected chi connectivity index (χ1v) is 13.9. The molecule has 9 nitrogen and oxygen atoms in total. The molecule has 1 saturated carbocycles. The van der Waals surface area contributed by atoms with Gasteiger partial charge in [-0.3, -0.25) is 4.79 Å². The number of amides is 1. The van der Waals surface area contributed by atoms with E-state index >= 15 is 0 Å². The number of carbonyl (C=O) groups is 1. The monoisotopic (exact) mass is 532 g/mol. The van der Waals surface area contributed by atoms with Crippen molar-refractivity contribution in [2.24, 2.45) is 0 Å². The number of carbonyl (C=O) groups excluding carboxylic acids is 1. The Hall–Kier alpha value is -4.50. The van der Waals surface area contributed by atoms with Crippen LogP contribution in [0.4, 0.5) is 23.0 Å². The topological polar surface area (TPSA) is 102 Å². The lowest BCUT2D eigenvalue weighted by molar-refractivity contribution is 0.102. The minimum Gasteiger partial charge on any atom is -0.369 e. The maximum Gasteiger partial charge on any atom is 0.258 e. The lowest BCUT2D eigenvalue weighted by atomic mass is 10.1. The fraction of sp³-hybridized carbons (Fsp3) is 0.290. The van der Waals surface area contributed by atoms with Crippen molar-refractivity contribution >= 4 is 50.9 Å². The van der Waals surface area contributed by atoms with Crippen molar-refractivity contribution in [3.8, 4) is 0 Å². The van der Waals surface area contributed by atoms with Gasteiger partial charge in [0.05, 0.1) is 16.6 Å². The molecule has 1 saturated heterocycles. The summed E-state index contributed by atoms with van der Waals surface area (Å²) in [6, 6.07) is 17.9. The molecule has 2 fully saturated rings. The predicted molar refractivity (Wildman–Crippen MR) is 160 cm³/mol. The Morgan fingerprint density at radius 2 is 1.75 bits per heavy atom. The Kier molecular flexibility index (Phi) is 6.08. The maximum atomic E-state index is 13.6. The number of benzene rings is 3. The molecule has 3 heterocycles. The first-order chi connectivity index (χ1) is 19.5. The number of hydrogen-bond acceptors (Lipinski definition) is 7. The maximum absolute atomic E-state index is 13.6. The lowest BCUT2D eigenvalue weighted by Crippen LogP contribution is -2.44. The van der Waals surface area contributed by atoms with E-state index in [1.165, 1.54) is 5.69 Å². The van der Waals surface area contributed by atoms with Crippen molar-refractivity contribution < 1.29 is 4.79 Å². The van der Waals surface area contributed by atoms with Crippen LogP contribution >= 0.6 is 0 Å². The second-order valence-corrected chi connectivity index (χ2v) is 10.9. The summed E-state index contributed by atoms with van der Waals surface area (Å²) in [6.07, 6.45) is 4.06. The number of hydrogen-bond donors (Lipinski definition) is 3. The van der Waals surface area contributed by atoms with Crippen molar-refractivity contribution in [2.45, 2.75) is 25.7 Å². The van der Waals surface area contributed by atoms with Gasteiger partial charge in [-0.15, -0.1) is 0 Å². The van der Waals surface area contributed by atoms with Gasteiger partial charge in [0, 0.05) is 60.7 Å². The number of para-hydroxylation sites is 1. The van der Waals surface area contributed by atoms with Crippen LogP contribution in [0, 0.1) is 6.92 Å². The average molecular weight is 533 g/mol. The summed E-state index contributed by atoms with van der Waals surface area (Å²) in [5, 5.41) is 7.39. The van der Waals surface area contributed by atoms with Crippen molar-refractivity contribution in [1.82, 2.24) is 24.8 Å². The smallest absolute Gasteiger partial charge is 0.258 e. The highest BCUT2D eigenvalue weighted by molar-refractivity contribution is 6.12. The molecule has 2 aliphatic rings. The fourth-order valence-electron chi connectivity index (χ4n) is 5.34. The van der Waals surface area contributed by atoms with Gasteiger partial charge in [-0.2, -0.15) is 0 Å². The Labute approximate surface area is 232 Å². The minimum atomic E-state index is -0.204. The highest BCUT2D eigenvalue weighted by atomic mass is 16.1. The van der Waals surface area contributed by atoms with Gasteiger partial charge in [-0.1, -0.05) is 18.2 Å². The van der Waals surface area contributed by atoms with Gasteiger partial charge in [0.15, 0.2) is 0 Å². The van der Waals surface area contributed by atoms with Gasteiger partial charge >= 0.3 is 0 Å². The van der Waals surface area contributed by atoms with Crippen molar-refractivity contribution in [1.29, 1.82) is 0 Å². The van der Waals surface area contributed by atoms with Crippen LogP contribution in [0.3, 0.4) is 0 Å². The van der Waals surface area contributed by atoms with E-state index in [4.69, 9.17) is 9.97 Å². The highest BCUT2D eigenvalue weighted by Gasteiger charge is 2.28. The van der Waals surface area contributed by atoms with E-state index in [9.17, 15) is 4.79 Å². The summed E-state index contributed by atoms with van der Waals surface area (Å²) in [5.41, 5.74) is 6.63. The number of nitrogens with one attached hydrogen (secondary N) is 3. The summed E-state index contributed by atoms with van der Waals surface area (Å²) in [5.74, 6) is 1.66. The number of aromatic amines is 1. The van der Waals surface area contributed by atoms with E-state index in [1.54, 1.807) is 0 Å². The van der Waals surface area contributed by atoms with E-state index in [0.29, 0.717) is 22.9 Å². The molecule has 3 aromatic carbocycles. The highest BCUT2D eigenvalue weighted by Crippen LogP contribution is 2.40. The standard InChI is InChI=1S/C31H32N8O/c1-19-4-3-5-21-18-32-31(37-27(19)21)34-23-16-25(28-26(17-23)35-29(36-28)20-6-7-20)30(40)33-22-8-10-24(11-9-22)39-14-12-38(2)13-15-39/h3-5,8-11,16-18,20H,6-7,12-15H2,1-2H3,(H,33,40)(H,35,36)(H,32,34,37). The van der Waals surface area contributed by atoms with Crippen LogP contribution in [-0.2, 0) is 0 Å². The number of nitrogens with zero attached hydrogens (tertiary/aromatic N) is 5. The van der Waals surface area contributed by atoms with Crippen LogP contribution in [0.25, 0.3) is 21.9 Å². The van der Waals surface area contributed by atoms with Crippen LogP contribution in [0.1, 0.15) is 40.5 Å². The summed E-state index contributed by atoms with van der Waals surface area (Å²) >= 11 is 0. The summed E-state index contributed by atoms with van der Waals surface area (Å²) in [4.78, 5) is 35.9. The first-order valence-electron chi connectivity index (χ1n) is 13.9. The molecule has 9 heteroatoms. The molecule has 40 heavy (non-hydrogen) atoms. The van der Waals surface area contributed by atoms with Gasteiger partial charge in [0.2, 0.25) is 5.95 Å². The van der Waals surface area contributed by atoms with Crippen LogP contribution in [0.2, 0.25) is 0 Å². The Balaban J connectivity index is 1.17. The second-order valence-electron chi connectivity index (χ2n) is 10.9. The van der Waals surface area contributed by atoms with Gasteiger partial charge in [-0.05, 0) is 68.8 Å². The molecule has 1 aliphatic heterocycles. The number of anilines is 4. The zero-order chi connectivity index (χ0) is 27.2. The van der Waals surface area contributed by atoms with Gasteiger partial charge in [0.1, 0.15) is 11.3 Å². The number of piperazine rings is 1. The van der Waals surface area contributed by atoms with Crippen LogP contribution < -0.4 is 15.5 Å². The third kappa shape index (κ3) is 4.84. The Bertz CT molecular complexity index is 1720. The van der Waals surface area contributed by atoms with Crippen molar-refractivity contribution in [3.63, 3.8) is 0 Å². The second kappa shape index (κ2) is 9.91. The van der Waals surface area contributed by atoms with Crippen LogP contribution in [-0.4, -0.2) is 64.0 Å². The zero-order valence-electron chi connectivity index (χ0n) is 22.7. The first kappa shape index (κ1) is 24.5. The van der Waals surface area contributed by atoms with Gasteiger partial charge in [-0.25, -0.2) is 15.0 Å². The number of fused-ring (bicyclic) bond motifs is 2. The molecule has 2 aromatic heterocycles. The third-order valence-electron chi connectivity index (χ3n) is 7.88. The third-order valence-corrected chi connectivity index (χ3v) is 7.88. The fourth-order valence-corrected chi connectivity index (χ4v) is 5.34.